The van der Waals surface area contributed by atoms with Crippen molar-refractivity contribution in [2.24, 2.45) is 0 Å². The van der Waals surface area contributed by atoms with Gasteiger partial charge in [-0.15, -0.1) is 0 Å². The first-order valence-electron chi connectivity index (χ1n) is 4.08. The van der Waals surface area contributed by atoms with Crippen LogP contribution in [0.1, 0.15) is 5.56 Å². The van der Waals surface area contributed by atoms with E-state index >= 15 is 0 Å². The van der Waals surface area contributed by atoms with Gasteiger partial charge in [0.25, 0.3) is 4.70 Å². The number of halogens is 5. The van der Waals surface area contributed by atoms with E-state index in [9.17, 15) is 22.7 Å². The molecule has 1 aromatic rings. The molecule has 0 aliphatic carbocycles. The summed E-state index contributed by atoms with van der Waals surface area (Å²) in [5.41, 5.74) is -0.115. The Hall–Kier alpha value is -0.660. The summed E-state index contributed by atoms with van der Waals surface area (Å²) >= 11 is 2.41. The number of alkyl halides is 5. The third kappa shape index (κ3) is 3.16. The van der Waals surface area contributed by atoms with Gasteiger partial charge in [0, 0.05) is 5.56 Å². The molecule has 1 aromatic carbocycles. The van der Waals surface area contributed by atoms with Crippen molar-refractivity contribution in [2.45, 2.75) is 17.2 Å². The summed E-state index contributed by atoms with van der Waals surface area (Å²) in [6.07, 6.45) is -8.77. The predicted octanol–water partition coefficient (Wildman–Crippen LogP) is 3.06. The first-order valence-corrected chi connectivity index (χ1v) is 4.88. The Morgan fingerprint density at radius 2 is 1.69 bits per heavy atom. The number of aliphatic hydroxyl groups is 1. The highest BCUT2D eigenvalue weighted by atomic mass is 79.9. The molecule has 0 spiro atoms. The Kier molecular flexibility index (Phi) is 3.92. The molecule has 2 nitrogen and oxygen atoms in total. The van der Waals surface area contributed by atoms with Crippen molar-refractivity contribution < 1.29 is 27.4 Å². The van der Waals surface area contributed by atoms with E-state index in [1.165, 1.54) is 24.3 Å². The molecule has 0 bridgehead atoms. The van der Waals surface area contributed by atoms with Crippen molar-refractivity contribution in [3.05, 3.63) is 35.9 Å². The lowest BCUT2D eigenvalue weighted by atomic mass is 10.2. The maximum absolute atomic E-state index is 12.6. The van der Waals surface area contributed by atoms with Gasteiger partial charge in [-0.3, -0.25) is 4.74 Å². The number of ether oxygens (including phenoxy) is 1. The van der Waals surface area contributed by atoms with Gasteiger partial charge in [-0.25, -0.2) is 8.78 Å². The third-order valence-electron chi connectivity index (χ3n) is 1.66. The summed E-state index contributed by atoms with van der Waals surface area (Å²) in [4.78, 5) is 0. The Bertz CT molecular complexity index is 343. The quantitative estimate of drug-likeness (QED) is 0.526. The molecule has 0 fully saturated rings. The molecule has 0 saturated heterocycles. The van der Waals surface area contributed by atoms with Crippen molar-refractivity contribution in [2.75, 3.05) is 0 Å². The average molecular weight is 303 g/mol. The molecule has 0 saturated carbocycles. The van der Waals surface area contributed by atoms with E-state index in [4.69, 9.17) is 0 Å². The minimum Gasteiger partial charge on any atom is -0.353 e. The minimum absolute atomic E-state index is 0.115. The fourth-order valence-corrected chi connectivity index (χ4v) is 1.41. The highest BCUT2D eigenvalue weighted by Crippen LogP contribution is 2.38. The van der Waals surface area contributed by atoms with Gasteiger partial charge in [0.05, 0.1) is 0 Å². The summed E-state index contributed by atoms with van der Waals surface area (Å²) in [7, 11) is 0. The molecule has 90 valence electrons. The van der Waals surface area contributed by atoms with Gasteiger partial charge in [0.1, 0.15) is 0 Å². The molecule has 16 heavy (non-hydrogen) atoms. The molecule has 1 unspecified atom stereocenters. The molecule has 0 aromatic heterocycles. The van der Waals surface area contributed by atoms with E-state index in [-0.39, 0.29) is 5.56 Å². The van der Waals surface area contributed by atoms with Gasteiger partial charge in [0.2, 0.25) is 0 Å². The number of hydrogen-bond donors (Lipinski definition) is 1. The largest absolute Gasteiger partial charge is 0.419 e. The molecule has 0 amide bonds. The standard InChI is InChI=1S/C9H7BrF4O2/c10-8(15,6-4-2-1-3-5-6)16-9(13,14)7(11)12/h1-5,7,15H. The fourth-order valence-electron chi connectivity index (χ4n) is 0.928. The van der Waals surface area contributed by atoms with Gasteiger partial charge in [-0.1, -0.05) is 30.3 Å². The topological polar surface area (TPSA) is 29.5 Å². The van der Waals surface area contributed by atoms with Crippen LogP contribution in [0.25, 0.3) is 0 Å². The lowest BCUT2D eigenvalue weighted by Crippen LogP contribution is -2.38. The Morgan fingerprint density at radius 1 is 1.19 bits per heavy atom. The van der Waals surface area contributed by atoms with Crippen LogP contribution in [0.2, 0.25) is 0 Å². The molecule has 0 heterocycles. The summed E-state index contributed by atoms with van der Waals surface area (Å²) in [6, 6.07) is 6.93. The van der Waals surface area contributed by atoms with Crippen LogP contribution in [0.3, 0.4) is 0 Å². The third-order valence-corrected chi connectivity index (χ3v) is 2.27. The summed E-state index contributed by atoms with van der Waals surface area (Å²) in [6.45, 7) is 0. The van der Waals surface area contributed by atoms with Crippen LogP contribution in [0.4, 0.5) is 17.6 Å². The molecule has 1 rings (SSSR count). The average Bonchev–Trinajstić information content (AvgIpc) is 2.17. The monoisotopic (exact) mass is 302 g/mol. The zero-order valence-corrected chi connectivity index (χ0v) is 9.30. The fraction of sp³-hybridized carbons (Fsp3) is 0.333. The maximum Gasteiger partial charge on any atom is 0.419 e. The van der Waals surface area contributed by atoms with E-state index in [0.29, 0.717) is 0 Å². The van der Waals surface area contributed by atoms with Crippen LogP contribution >= 0.6 is 15.9 Å². The second kappa shape index (κ2) is 4.68. The van der Waals surface area contributed by atoms with E-state index in [0.717, 1.165) is 0 Å². The number of hydrogen-bond acceptors (Lipinski definition) is 2. The van der Waals surface area contributed by atoms with E-state index in [1.807, 2.05) is 0 Å². The minimum atomic E-state index is -4.74. The molecular weight excluding hydrogens is 296 g/mol. The maximum atomic E-state index is 12.6. The van der Waals surface area contributed by atoms with Gasteiger partial charge >= 0.3 is 12.5 Å². The van der Waals surface area contributed by atoms with Gasteiger partial charge in [-0.2, -0.15) is 8.78 Å². The molecule has 0 aliphatic rings. The second-order valence-electron chi connectivity index (χ2n) is 2.89. The number of benzene rings is 1. The van der Waals surface area contributed by atoms with Gasteiger partial charge in [-0.05, 0) is 15.9 Å². The molecule has 7 heteroatoms. The molecule has 1 N–H and O–H groups in total. The first-order chi connectivity index (χ1) is 7.26. The van der Waals surface area contributed by atoms with Crippen LogP contribution < -0.4 is 0 Å². The van der Waals surface area contributed by atoms with E-state index in [2.05, 4.69) is 20.7 Å². The highest BCUT2D eigenvalue weighted by Gasteiger charge is 2.49. The summed E-state index contributed by atoms with van der Waals surface area (Å²) in [5, 5.41) is 9.45. The molecule has 0 aliphatic heterocycles. The van der Waals surface area contributed by atoms with Crippen LogP contribution in [0, 0.1) is 0 Å². The van der Waals surface area contributed by atoms with Crippen molar-refractivity contribution >= 4 is 15.9 Å². The lowest BCUT2D eigenvalue weighted by molar-refractivity contribution is -0.362. The van der Waals surface area contributed by atoms with Crippen molar-refractivity contribution in [1.29, 1.82) is 0 Å². The van der Waals surface area contributed by atoms with Crippen LogP contribution in [-0.4, -0.2) is 17.6 Å². The normalized spacial score (nSPS) is 16.2. The zero-order chi connectivity index (χ0) is 12.4. The molecule has 0 radical (unpaired) electrons. The lowest BCUT2D eigenvalue weighted by Gasteiger charge is -2.26. The van der Waals surface area contributed by atoms with Crippen molar-refractivity contribution in [3.63, 3.8) is 0 Å². The molecule has 1 atom stereocenters. The Labute approximate surface area is 97.0 Å². The van der Waals surface area contributed by atoms with E-state index < -0.39 is 17.2 Å². The van der Waals surface area contributed by atoms with Gasteiger partial charge in [0.15, 0.2) is 0 Å². The van der Waals surface area contributed by atoms with Gasteiger partial charge < -0.3 is 5.11 Å². The summed E-state index contributed by atoms with van der Waals surface area (Å²) < 4.78 is 49.8. The van der Waals surface area contributed by atoms with E-state index in [1.54, 1.807) is 6.07 Å². The summed E-state index contributed by atoms with van der Waals surface area (Å²) in [5.74, 6) is 0. The Balaban J connectivity index is 2.88. The van der Waals surface area contributed by atoms with Crippen molar-refractivity contribution in [3.8, 4) is 0 Å². The smallest absolute Gasteiger partial charge is 0.353 e. The predicted molar refractivity (Wildman–Crippen MR) is 51.3 cm³/mol. The first kappa shape index (κ1) is 13.4. The SMILES string of the molecule is OC(Br)(OC(F)(F)C(F)F)c1ccccc1. The number of rotatable bonds is 4. The zero-order valence-electron chi connectivity index (χ0n) is 7.71. The highest BCUT2D eigenvalue weighted by molar-refractivity contribution is 9.09. The second-order valence-corrected chi connectivity index (χ2v) is 3.97. The van der Waals surface area contributed by atoms with Crippen LogP contribution in [0.5, 0.6) is 0 Å². The van der Waals surface area contributed by atoms with Crippen molar-refractivity contribution in [1.82, 2.24) is 0 Å². The Morgan fingerprint density at radius 3 is 2.12 bits per heavy atom. The van der Waals surface area contributed by atoms with Crippen LogP contribution in [0.15, 0.2) is 30.3 Å². The van der Waals surface area contributed by atoms with Crippen LogP contribution in [-0.2, 0) is 9.43 Å². The molecular formula is C9H7BrF4O2.